The van der Waals surface area contributed by atoms with Crippen molar-refractivity contribution in [2.24, 2.45) is 0 Å². The van der Waals surface area contributed by atoms with Gasteiger partial charge in [-0.1, -0.05) is 108 Å². The number of aryl methyl sites for hydroxylation is 1. The molecule has 0 aliphatic heterocycles. The molecule has 156 valence electrons. The normalized spacial score (nSPS) is 13.6. The Labute approximate surface area is 165 Å². The highest BCUT2D eigenvalue weighted by Crippen LogP contribution is 2.45. The first-order chi connectivity index (χ1) is 13.1. The minimum Gasteiger partial charge on any atom is -0.322 e. The summed E-state index contributed by atoms with van der Waals surface area (Å²) in [5.74, 6) is 0. The highest BCUT2D eigenvalue weighted by atomic mass is 31.2. The van der Waals surface area contributed by atoms with Crippen LogP contribution in [0.15, 0.2) is 24.3 Å². The molecule has 0 aliphatic rings. The fourth-order valence-electron chi connectivity index (χ4n) is 3.41. The standard InChI is InChI=1S/C22H38FO3P/c1-2-3-4-5-6-7-8-9-10-11-12-13-14-15-21-16-18-22(19-17-21)20-27(24,25)26-23/h16-19H,2-15,20H2,1H3,(H,24,25). The molecule has 1 atom stereocenters. The van der Waals surface area contributed by atoms with Gasteiger partial charge in [0, 0.05) is 0 Å². The van der Waals surface area contributed by atoms with Gasteiger partial charge >= 0.3 is 7.60 Å². The molecule has 0 amide bonds. The van der Waals surface area contributed by atoms with Crippen molar-refractivity contribution in [3.63, 3.8) is 0 Å². The Morgan fingerprint density at radius 2 is 1.19 bits per heavy atom. The zero-order chi connectivity index (χ0) is 19.8. The quantitative estimate of drug-likeness (QED) is 0.213. The van der Waals surface area contributed by atoms with Gasteiger partial charge in [-0.15, -0.1) is 4.73 Å². The van der Waals surface area contributed by atoms with E-state index in [1.54, 1.807) is 12.1 Å². The third-order valence-corrected chi connectivity index (χ3v) is 6.06. The van der Waals surface area contributed by atoms with Crippen LogP contribution in [0.2, 0.25) is 0 Å². The number of halogens is 1. The number of hydrogen-bond donors (Lipinski definition) is 1. The SMILES string of the molecule is CCCCCCCCCCCCCCCc1ccc(CP(=O)(O)OF)cc1. The Balaban J connectivity index is 1.97. The first-order valence-electron chi connectivity index (χ1n) is 10.8. The predicted octanol–water partition coefficient (Wildman–Crippen LogP) is 7.91. The van der Waals surface area contributed by atoms with Gasteiger partial charge in [-0.3, -0.25) is 4.57 Å². The van der Waals surface area contributed by atoms with E-state index in [1.807, 2.05) is 12.1 Å². The molecule has 1 N–H and O–H groups in total. The fourth-order valence-corrected chi connectivity index (χ4v) is 4.13. The zero-order valence-electron chi connectivity index (χ0n) is 17.0. The topological polar surface area (TPSA) is 46.5 Å². The lowest BCUT2D eigenvalue weighted by atomic mass is 10.0. The van der Waals surface area contributed by atoms with Crippen LogP contribution < -0.4 is 0 Å². The summed E-state index contributed by atoms with van der Waals surface area (Å²) in [5.41, 5.74) is 1.84. The zero-order valence-corrected chi connectivity index (χ0v) is 17.9. The van der Waals surface area contributed by atoms with Crippen LogP contribution in [0.25, 0.3) is 0 Å². The van der Waals surface area contributed by atoms with Gasteiger partial charge in [0.15, 0.2) is 0 Å². The van der Waals surface area contributed by atoms with Crippen LogP contribution in [-0.4, -0.2) is 4.89 Å². The van der Waals surface area contributed by atoms with Crippen molar-refractivity contribution in [3.05, 3.63) is 35.4 Å². The van der Waals surface area contributed by atoms with Gasteiger partial charge < -0.3 is 4.89 Å². The van der Waals surface area contributed by atoms with E-state index in [2.05, 4.69) is 11.7 Å². The molecule has 27 heavy (non-hydrogen) atoms. The molecule has 0 radical (unpaired) electrons. The summed E-state index contributed by atoms with van der Waals surface area (Å²) in [6, 6.07) is 7.46. The van der Waals surface area contributed by atoms with Gasteiger partial charge in [-0.25, -0.2) is 0 Å². The smallest absolute Gasteiger partial charge is 0.322 e. The second-order valence-electron chi connectivity index (χ2n) is 7.67. The molecule has 0 saturated heterocycles. The number of rotatable bonds is 17. The monoisotopic (exact) mass is 400 g/mol. The Bertz CT molecular complexity index is 519. The lowest BCUT2D eigenvalue weighted by Gasteiger charge is -2.07. The molecule has 3 nitrogen and oxygen atoms in total. The third-order valence-electron chi connectivity index (χ3n) is 5.08. The number of unbranched alkanes of at least 4 members (excludes halogenated alkanes) is 12. The first kappa shape index (κ1) is 24.3. The summed E-state index contributed by atoms with van der Waals surface area (Å²) in [6.07, 6.45) is 18.3. The summed E-state index contributed by atoms with van der Waals surface area (Å²) in [5, 5.41) is 0. The van der Waals surface area contributed by atoms with Crippen LogP contribution in [0.5, 0.6) is 0 Å². The van der Waals surface area contributed by atoms with Crippen LogP contribution >= 0.6 is 7.60 Å². The van der Waals surface area contributed by atoms with E-state index in [-0.39, 0.29) is 6.16 Å². The Morgan fingerprint density at radius 1 is 0.778 bits per heavy atom. The molecule has 0 spiro atoms. The lowest BCUT2D eigenvalue weighted by molar-refractivity contribution is -0.0193. The number of benzene rings is 1. The molecule has 0 aromatic heterocycles. The van der Waals surface area contributed by atoms with Crippen molar-refractivity contribution >= 4 is 7.60 Å². The van der Waals surface area contributed by atoms with Crippen LogP contribution in [0.4, 0.5) is 4.53 Å². The minimum absolute atomic E-state index is 0.289. The fraction of sp³-hybridized carbons (Fsp3) is 0.727. The van der Waals surface area contributed by atoms with Gasteiger partial charge in [-0.05, 0) is 28.5 Å². The summed E-state index contributed by atoms with van der Waals surface area (Å²) < 4.78 is 26.3. The molecule has 0 aliphatic carbocycles. The second kappa shape index (κ2) is 15.2. The lowest BCUT2D eigenvalue weighted by Crippen LogP contribution is -1.91. The maximum absolute atomic E-state index is 11.9. The van der Waals surface area contributed by atoms with Gasteiger partial charge in [0.1, 0.15) is 0 Å². The van der Waals surface area contributed by atoms with E-state index >= 15 is 0 Å². The first-order valence-corrected chi connectivity index (χ1v) is 12.5. The van der Waals surface area contributed by atoms with E-state index in [9.17, 15) is 9.09 Å². The van der Waals surface area contributed by atoms with Crippen LogP contribution in [-0.2, 0) is 21.9 Å². The van der Waals surface area contributed by atoms with E-state index in [0.29, 0.717) is 5.56 Å². The van der Waals surface area contributed by atoms with Gasteiger partial charge in [0.05, 0.1) is 6.16 Å². The van der Waals surface area contributed by atoms with E-state index in [1.165, 1.54) is 89.0 Å². The average molecular weight is 401 g/mol. The van der Waals surface area contributed by atoms with Gasteiger partial charge in [0.25, 0.3) is 0 Å². The molecular formula is C22H38FO3P. The van der Waals surface area contributed by atoms with Crippen molar-refractivity contribution in [1.82, 2.24) is 0 Å². The summed E-state index contributed by atoms with van der Waals surface area (Å²) in [4.78, 5) is 9.14. The highest BCUT2D eigenvalue weighted by Gasteiger charge is 2.20. The molecule has 1 aromatic rings. The van der Waals surface area contributed by atoms with Crippen molar-refractivity contribution in [2.75, 3.05) is 0 Å². The molecule has 0 saturated carbocycles. The van der Waals surface area contributed by atoms with Crippen molar-refractivity contribution in [1.29, 1.82) is 0 Å². The maximum atomic E-state index is 11.9. The Hall–Kier alpha value is -0.700. The van der Waals surface area contributed by atoms with E-state index in [4.69, 9.17) is 4.89 Å². The molecule has 5 heteroatoms. The molecular weight excluding hydrogens is 362 g/mol. The number of hydrogen-bond acceptors (Lipinski definition) is 2. The van der Waals surface area contributed by atoms with Crippen molar-refractivity contribution < 1.29 is 18.7 Å². The second-order valence-corrected chi connectivity index (χ2v) is 9.40. The summed E-state index contributed by atoms with van der Waals surface area (Å²) >= 11 is 0. The highest BCUT2D eigenvalue weighted by molar-refractivity contribution is 7.51. The third kappa shape index (κ3) is 13.2. The Kier molecular flexibility index (Phi) is 13.7. The van der Waals surface area contributed by atoms with E-state index < -0.39 is 7.60 Å². The summed E-state index contributed by atoms with van der Waals surface area (Å²) in [6.45, 7) is 2.26. The van der Waals surface area contributed by atoms with Gasteiger partial charge in [0.2, 0.25) is 0 Å². The average Bonchev–Trinajstić information content (AvgIpc) is 2.66. The van der Waals surface area contributed by atoms with Crippen LogP contribution in [0.3, 0.4) is 0 Å². The molecule has 0 bridgehead atoms. The molecule has 0 heterocycles. The largest absolute Gasteiger partial charge is 0.365 e. The van der Waals surface area contributed by atoms with Gasteiger partial charge in [-0.2, -0.15) is 0 Å². The van der Waals surface area contributed by atoms with Crippen LogP contribution in [0.1, 0.15) is 102 Å². The van der Waals surface area contributed by atoms with Crippen LogP contribution in [0, 0.1) is 0 Å². The predicted molar refractivity (Wildman–Crippen MR) is 112 cm³/mol. The maximum Gasteiger partial charge on any atom is 0.365 e. The molecule has 0 fully saturated rings. The molecule has 1 rings (SSSR count). The van der Waals surface area contributed by atoms with E-state index in [0.717, 1.165) is 6.42 Å². The summed E-state index contributed by atoms with van der Waals surface area (Å²) in [7, 11) is -4.13. The molecule has 1 aromatic carbocycles. The Morgan fingerprint density at radius 3 is 1.63 bits per heavy atom. The molecule has 1 unspecified atom stereocenters. The minimum atomic E-state index is -4.13. The van der Waals surface area contributed by atoms with Crippen molar-refractivity contribution in [3.8, 4) is 0 Å². The van der Waals surface area contributed by atoms with Crippen molar-refractivity contribution in [2.45, 2.75) is 103 Å².